The third-order valence-electron chi connectivity index (χ3n) is 5.13. The largest absolute Gasteiger partial charge is 0.493 e. The lowest BCUT2D eigenvalue weighted by Gasteiger charge is -2.34. The summed E-state index contributed by atoms with van der Waals surface area (Å²) in [6, 6.07) is 11.3. The average molecular weight is 431 g/mol. The number of halogens is 1. The van der Waals surface area contributed by atoms with E-state index >= 15 is 0 Å². The van der Waals surface area contributed by atoms with Crippen molar-refractivity contribution < 1.29 is 19.0 Å². The Bertz CT molecular complexity index is 908. The molecule has 0 unspecified atom stereocenters. The Kier molecular flexibility index (Phi) is 7.60. The number of ether oxygens (including phenoxy) is 3. The van der Waals surface area contributed by atoms with Crippen LogP contribution >= 0.6 is 11.6 Å². The Labute approximate surface area is 182 Å². The minimum absolute atomic E-state index is 0.0123. The minimum Gasteiger partial charge on any atom is -0.493 e. The summed E-state index contributed by atoms with van der Waals surface area (Å²) in [7, 11) is 4.84. The number of hydrogen-bond acceptors (Lipinski definition) is 5. The second-order valence-electron chi connectivity index (χ2n) is 6.98. The van der Waals surface area contributed by atoms with Crippen LogP contribution in [0.25, 0.3) is 6.08 Å². The van der Waals surface area contributed by atoms with Crippen LogP contribution in [0.1, 0.15) is 11.1 Å². The molecule has 1 heterocycles. The van der Waals surface area contributed by atoms with Gasteiger partial charge >= 0.3 is 0 Å². The van der Waals surface area contributed by atoms with Gasteiger partial charge in [0.1, 0.15) is 0 Å². The van der Waals surface area contributed by atoms with Crippen molar-refractivity contribution in [2.24, 2.45) is 0 Å². The summed E-state index contributed by atoms with van der Waals surface area (Å²) < 4.78 is 16.4. The van der Waals surface area contributed by atoms with E-state index in [1.54, 1.807) is 33.5 Å². The molecule has 1 amide bonds. The smallest absolute Gasteiger partial charge is 0.246 e. The number of benzene rings is 2. The average Bonchev–Trinajstić information content (AvgIpc) is 2.77. The third-order valence-corrected chi connectivity index (χ3v) is 5.37. The van der Waals surface area contributed by atoms with Crippen LogP contribution in [0.2, 0.25) is 5.02 Å². The van der Waals surface area contributed by atoms with Crippen LogP contribution in [0.3, 0.4) is 0 Å². The summed E-state index contributed by atoms with van der Waals surface area (Å²) in [6.45, 7) is 3.63. The van der Waals surface area contributed by atoms with E-state index in [1.807, 2.05) is 41.3 Å². The lowest BCUT2D eigenvalue weighted by Crippen LogP contribution is -2.47. The fourth-order valence-electron chi connectivity index (χ4n) is 3.54. The highest BCUT2D eigenvalue weighted by molar-refractivity contribution is 6.30. The lowest BCUT2D eigenvalue weighted by atomic mass is 10.1. The topological polar surface area (TPSA) is 51.2 Å². The summed E-state index contributed by atoms with van der Waals surface area (Å²) >= 11 is 5.99. The van der Waals surface area contributed by atoms with Crippen molar-refractivity contribution in [1.82, 2.24) is 9.80 Å². The third kappa shape index (κ3) is 5.26. The lowest BCUT2D eigenvalue weighted by molar-refractivity contribution is -0.127. The second-order valence-corrected chi connectivity index (χ2v) is 7.42. The maximum atomic E-state index is 12.5. The van der Waals surface area contributed by atoms with Crippen molar-refractivity contribution in [2.45, 2.75) is 6.54 Å². The molecule has 0 N–H and O–H groups in total. The number of hydrogen-bond donors (Lipinski definition) is 0. The SMILES string of the molecule is COc1ccc(CN2CCN(C(=O)/C=C/c3cccc(Cl)c3)CC2)c(OC)c1OC. The van der Waals surface area contributed by atoms with E-state index < -0.39 is 0 Å². The summed E-state index contributed by atoms with van der Waals surface area (Å²) in [5.41, 5.74) is 1.94. The van der Waals surface area contributed by atoms with Gasteiger partial charge in [0.15, 0.2) is 11.5 Å². The molecule has 0 radical (unpaired) electrons. The van der Waals surface area contributed by atoms with Crippen molar-refractivity contribution in [3.05, 3.63) is 58.6 Å². The molecule has 3 rings (SSSR count). The molecule has 0 aromatic heterocycles. The molecule has 1 aliphatic heterocycles. The second kappa shape index (κ2) is 10.4. The molecule has 6 nitrogen and oxygen atoms in total. The molecule has 0 atom stereocenters. The van der Waals surface area contributed by atoms with E-state index in [4.69, 9.17) is 25.8 Å². The monoisotopic (exact) mass is 430 g/mol. The van der Waals surface area contributed by atoms with Crippen LogP contribution in [0.4, 0.5) is 0 Å². The van der Waals surface area contributed by atoms with Gasteiger partial charge in [-0.25, -0.2) is 0 Å². The highest BCUT2D eigenvalue weighted by atomic mass is 35.5. The molecule has 0 spiro atoms. The van der Waals surface area contributed by atoms with Gasteiger partial charge < -0.3 is 19.1 Å². The van der Waals surface area contributed by atoms with E-state index in [0.29, 0.717) is 41.9 Å². The number of nitrogens with zero attached hydrogens (tertiary/aromatic N) is 2. The van der Waals surface area contributed by atoms with Gasteiger partial charge in [-0.05, 0) is 29.8 Å². The zero-order valence-electron chi connectivity index (χ0n) is 17.6. The number of methoxy groups -OCH3 is 3. The summed E-state index contributed by atoms with van der Waals surface area (Å²) in [5, 5.41) is 0.656. The quantitative estimate of drug-likeness (QED) is 0.626. The van der Waals surface area contributed by atoms with Crippen LogP contribution in [0.5, 0.6) is 17.2 Å². The van der Waals surface area contributed by atoms with Crippen molar-refractivity contribution in [1.29, 1.82) is 0 Å². The predicted octanol–water partition coefficient (Wildman–Crippen LogP) is 3.72. The Morgan fingerprint density at radius 3 is 2.37 bits per heavy atom. The van der Waals surface area contributed by atoms with Crippen molar-refractivity contribution >= 4 is 23.6 Å². The molecule has 7 heteroatoms. The zero-order chi connectivity index (χ0) is 21.5. The van der Waals surface area contributed by atoms with Crippen LogP contribution in [0.15, 0.2) is 42.5 Å². The Morgan fingerprint density at radius 2 is 1.73 bits per heavy atom. The molecular weight excluding hydrogens is 404 g/mol. The molecule has 2 aromatic carbocycles. The van der Waals surface area contributed by atoms with Gasteiger partial charge in [0.05, 0.1) is 21.3 Å². The number of amides is 1. The summed E-state index contributed by atoms with van der Waals surface area (Å²) in [6.07, 6.45) is 3.41. The van der Waals surface area contributed by atoms with E-state index in [0.717, 1.165) is 24.2 Å². The van der Waals surface area contributed by atoms with Gasteiger partial charge in [-0.3, -0.25) is 9.69 Å². The predicted molar refractivity (Wildman–Crippen MR) is 118 cm³/mol. The van der Waals surface area contributed by atoms with Gasteiger partial charge in [0.25, 0.3) is 0 Å². The fourth-order valence-corrected chi connectivity index (χ4v) is 3.74. The number of carbonyl (C=O) groups excluding carboxylic acids is 1. The maximum absolute atomic E-state index is 12.5. The molecule has 160 valence electrons. The van der Waals surface area contributed by atoms with Crippen LogP contribution in [-0.2, 0) is 11.3 Å². The molecule has 0 aliphatic carbocycles. The summed E-state index contributed by atoms with van der Waals surface area (Å²) in [5.74, 6) is 1.93. The Morgan fingerprint density at radius 1 is 1.00 bits per heavy atom. The van der Waals surface area contributed by atoms with Gasteiger partial charge in [-0.15, -0.1) is 0 Å². The molecule has 30 heavy (non-hydrogen) atoms. The number of carbonyl (C=O) groups is 1. The van der Waals surface area contributed by atoms with Crippen molar-refractivity contribution in [3.8, 4) is 17.2 Å². The highest BCUT2D eigenvalue weighted by Crippen LogP contribution is 2.40. The first-order valence-electron chi connectivity index (χ1n) is 9.78. The Hall–Kier alpha value is -2.70. The Balaban J connectivity index is 1.59. The van der Waals surface area contributed by atoms with Gasteiger partial charge in [-0.1, -0.05) is 29.8 Å². The van der Waals surface area contributed by atoms with E-state index in [-0.39, 0.29) is 5.91 Å². The van der Waals surface area contributed by atoms with Crippen molar-refractivity contribution in [2.75, 3.05) is 47.5 Å². The van der Waals surface area contributed by atoms with Gasteiger partial charge in [0, 0.05) is 49.4 Å². The van der Waals surface area contributed by atoms with Crippen LogP contribution in [-0.4, -0.2) is 63.2 Å². The minimum atomic E-state index is 0.0123. The zero-order valence-corrected chi connectivity index (χ0v) is 18.3. The molecule has 1 aliphatic rings. The molecule has 2 aromatic rings. The van der Waals surface area contributed by atoms with Crippen molar-refractivity contribution in [3.63, 3.8) is 0 Å². The fraction of sp³-hybridized carbons (Fsp3) is 0.348. The number of rotatable bonds is 7. The first-order valence-corrected chi connectivity index (χ1v) is 10.2. The molecular formula is C23H27ClN2O4. The summed E-state index contributed by atoms with van der Waals surface area (Å²) in [4.78, 5) is 16.7. The molecule has 0 bridgehead atoms. The molecule has 0 saturated carbocycles. The van der Waals surface area contributed by atoms with E-state index in [9.17, 15) is 4.79 Å². The first-order chi connectivity index (χ1) is 14.5. The van der Waals surface area contributed by atoms with Crippen LogP contribution < -0.4 is 14.2 Å². The van der Waals surface area contributed by atoms with E-state index in [1.165, 1.54) is 0 Å². The van der Waals surface area contributed by atoms with Gasteiger partial charge in [-0.2, -0.15) is 0 Å². The standard InChI is InChI=1S/C23H27ClN2O4/c1-28-20-9-8-18(22(29-2)23(20)30-3)16-25-11-13-26(14-12-25)21(27)10-7-17-5-4-6-19(24)15-17/h4-10,15H,11-14,16H2,1-3H3/b10-7+. The maximum Gasteiger partial charge on any atom is 0.246 e. The van der Waals surface area contributed by atoms with Crippen LogP contribution in [0, 0.1) is 0 Å². The van der Waals surface area contributed by atoms with Gasteiger partial charge in [0.2, 0.25) is 11.7 Å². The van der Waals surface area contributed by atoms with E-state index in [2.05, 4.69) is 4.90 Å². The molecule has 1 saturated heterocycles. The normalized spacial score (nSPS) is 14.7. The first kappa shape index (κ1) is 22.0. The molecule has 1 fully saturated rings. The number of piperazine rings is 1. The highest BCUT2D eigenvalue weighted by Gasteiger charge is 2.22.